The molecule has 0 saturated carbocycles. The highest BCUT2D eigenvalue weighted by atomic mass is 16.5. The second-order valence-electron chi connectivity index (χ2n) is 5.14. The van der Waals surface area contributed by atoms with Crippen molar-refractivity contribution in [3.63, 3.8) is 0 Å². The zero-order valence-electron chi connectivity index (χ0n) is 12.6. The van der Waals surface area contributed by atoms with Gasteiger partial charge in [-0.05, 0) is 19.8 Å². The summed E-state index contributed by atoms with van der Waals surface area (Å²) in [4.78, 5) is 19.1. The molecule has 2 aromatic heterocycles. The minimum absolute atomic E-state index is 0.400. The van der Waals surface area contributed by atoms with Gasteiger partial charge in [0.2, 0.25) is 5.88 Å². The van der Waals surface area contributed by atoms with Crippen molar-refractivity contribution in [3.8, 4) is 5.88 Å². The smallest absolute Gasteiger partial charge is 0.218 e. The molecule has 0 radical (unpaired) electrons. The Morgan fingerprint density at radius 3 is 2.82 bits per heavy atom. The van der Waals surface area contributed by atoms with Gasteiger partial charge in [-0.15, -0.1) is 0 Å². The molecule has 1 N–H and O–H groups in total. The minimum Gasteiger partial charge on any atom is -0.478 e. The van der Waals surface area contributed by atoms with Crippen molar-refractivity contribution in [3.05, 3.63) is 31.0 Å². The molecule has 7 nitrogen and oxygen atoms in total. The molecule has 0 amide bonds. The van der Waals surface area contributed by atoms with Gasteiger partial charge in [-0.3, -0.25) is 4.98 Å². The number of hydrogen-bond donors (Lipinski definition) is 1. The van der Waals surface area contributed by atoms with Gasteiger partial charge in [0, 0.05) is 37.6 Å². The van der Waals surface area contributed by atoms with Crippen LogP contribution in [-0.2, 0) is 0 Å². The summed E-state index contributed by atoms with van der Waals surface area (Å²) in [5, 5.41) is 3.46. The number of rotatable bonds is 5. The van der Waals surface area contributed by atoms with E-state index in [4.69, 9.17) is 4.74 Å². The Labute approximate surface area is 129 Å². The lowest BCUT2D eigenvalue weighted by molar-refractivity contribution is 0.326. The molecule has 1 aliphatic rings. The monoisotopic (exact) mass is 300 g/mol. The fourth-order valence-corrected chi connectivity index (χ4v) is 2.56. The summed E-state index contributed by atoms with van der Waals surface area (Å²) in [5.74, 6) is 2.37. The molecule has 0 bridgehead atoms. The van der Waals surface area contributed by atoms with Crippen LogP contribution in [-0.4, -0.2) is 45.7 Å². The largest absolute Gasteiger partial charge is 0.478 e. The Bertz CT molecular complexity index is 586. The third-order valence-corrected chi connectivity index (χ3v) is 3.65. The number of anilines is 2. The van der Waals surface area contributed by atoms with Crippen LogP contribution in [0.25, 0.3) is 0 Å². The first-order valence-corrected chi connectivity index (χ1v) is 7.57. The van der Waals surface area contributed by atoms with Crippen LogP contribution in [0.1, 0.15) is 19.8 Å². The molecule has 1 fully saturated rings. The maximum Gasteiger partial charge on any atom is 0.218 e. The van der Waals surface area contributed by atoms with Crippen molar-refractivity contribution in [2.75, 3.05) is 29.9 Å². The van der Waals surface area contributed by atoms with Gasteiger partial charge < -0.3 is 15.0 Å². The summed E-state index contributed by atoms with van der Waals surface area (Å²) < 4.78 is 5.40. The zero-order chi connectivity index (χ0) is 15.2. The van der Waals surface area contributed by atoms with Crippen molar-refractivity contribution in [1.82, 2.24) is 19.9 Å². The molecule has 3 heterocycles. The van der Waals surface area contributed by atoms with Crippen molar-refractivity contribution >= 4 is 11.6 Å². The molecule has 2 aromatic rings. The number of nitrogens with zero attached hydrogens (tertiary/aromatic N) is 5. The topological polar surface area (TPSA) is 76.1 Å². The van der Waals surface area contributed by atoms with Crippen LogP contribution in [0, 0.1) is 0 Å². The Balaban J connectivity index is 1.55. The van der Waals surface area contributed by atoms with Gasteiger partial charge in [0.1, 0.15) is 18.0 Å². The first kappa shape index (κ1) is 14.5. The normalized spacial score (nSPS) is 15.6. The average Bonchev–Trinajstić information content (AvgIpc) is 2.57. The van der Waals surface area contributed by atoms with Gasteiger partial charge >= 0.3 is 0 Å². The third-order valence-electron chi connectivity index (χ3n) is 3.65. The summed E-state index contributed by atoms with van der Waals surface area (Å²) in [6.45, 7) is 4.46. The maximum atomic E-state index is 5.40. The van der Waals surface area contributed by atoms with Crippen molar-refractivity contribution in [1.29, 1.82) is 0 Å². The lowest BCUT2D eigenvalue weighted by Gasteiger charge is -2.33. The molecule has 116 valence electrons. The molecule has 0 unspecified atom stereocenters. The molecule has 7 heteroatoms. The van der Waals surface area contributed by atoms with Gasteiger partial charge in [-0.2, -0.15) is 0 Å². The Hall–Kier alpha value is -2.44. The number of hydrogen-bond acceptors (Lipinski definition) is 7. The summed E-state index contributed by atoms with van der Waals surface area (Å²) in [5.41, 5.74) is 0. The minimum atomic E-state index is 0.400. The number of nitrogens with one attached hydrogen (secondary N) is 1. The van der Waals surface area contributed by atoms with E-state index in [0.717, 1.165) is 37.6 Å². The Morgan fingerprint density at radius 2 is 2.09 bits per heavy atom. The van der Waals surface area contributed by atoms with Gasteiger partial charge in [-0.1, -0.05) is 0 Å². The van der Waals surface area contributed by atoms with E-state index in [9.17, 15) is 0 Å². The third kappa shape index (κ3) is 3.60. The van der Waals surface area contributed by atoms with Gasteiger partial charge in [0.15, 0.2) is 0 Å². The van der Waals surface area contributed by atoms with Crippen molar-refractivity contribution in [2.45, 2.75) is 25.8 Å². The second-order valence-corrected chi connectivity index (χ2v) is 5.14. The number of aromatic nitrogens is 4. The number of piperidine rings is 1. The van der Waals surface area contributed by atoms with Crippen LogP contribution in [0.2, 0.25) is 0 Å². The number of ether oxygens (including phenoxy) is 1. The molecule has 0 atom stereocenters. The highest BCUT2D eigenvalue weighted by Crippen LogP contribution is 2.20. The van der Waals surface area contributed by atoms with E-state index in [0.29, 0.717) is 18.5 Å². The fourth-order valence-electron chi connectivity index (χ4n) is 2.56. The van der Waals surface area contributed by atoms with Crippen LogP contribution >= 0.6 is 0 Å². The van der Waals surface area contributed by atoms with E-state index < -0.39 is 0 Å². The summed E-state index contributed by atoms with van der Waals surface area (Å²) in [6.07, 6.45) is 8.84. The van der Waals surface area contributed by atoms with E-state index in [1.54, 1.807) is 12.4 Å². The van der Waals surface area contributed by atoms with Crippen LogP contribution in [0.4, 0.5) is 11.6 Å². The fraction of sp³-hybridized carbons (Fsp3) is 0.467. The predicted molar refractivity (Wildman–Crippen MR) is 84.1 cm³/mol. The highest BCUT2D eigenvalue weighted by Gasteiger charge is 2.20. The highest BCUT2D eigenvalue weighted by molar-refractivity contribution is 5.40. The summed E-state index contributed by atoms with van der Waals surface area (Å²) in [6, 6.07) is 2.25. The Morgan fingerprint density at radius 1 is 1.23 bits per heavy atom. The Kier molecular flexibility index (Phi) is 4.62. The zero-order valence-corrected chi connectivity index (χ0v) is 12.6. The van der Waals surface area contributed by atoms with Crippen LogP contribution in [0.5, 0.6) is 5.88 Å². The van der Waals surface area contributed by atoms with Gasteiger partial charge in [-0.25, -0.2) is 15.0 Å². The van der Waals surface area contributed by atoms with E-state index in [1.807, 2.05) is 19.2 Å². The summed E-state index contributed by atoms with van der Waals surface area (Å²) >= 11 is 0. The molecular formula is C15H20N6O. The lowest BCUT2D eigenvalue weighted by atomic mass is 10.1. The van der Waals surface area contributed by atoms with Gasteiger partial charge in [0.05, 0.1) is 12.8 Å². The van der Waals surface area contributed by atoms with E-state index in [-0.39, 0.29) is 0 Å². The van der Waals surface area contributed by atoms with Crippen LogP contribution < -0.4 is 15.0 Å². The molecular weight excluding hydrogens is 280 g/mol. The molecule has 1 aliphatic heterocycles. The van der Waals surface area contributed by atoms with Crippen LogP contribution in [0.3, 0.4) is 0 Å². The van der Waals surface area contributed by atoms with Crippen LogP contribution in [0.15, 0.2) is 31.0 Å². The first-order valence-electron chi connectivity index (χ1n) is 7.57. The standard InChI is InChI=1S/C15H20N6O/c1-2-22-15-9-13(18-11-19-15)20-12-3-7-21(8-4-12)14-10-16-5-6-17-14/h5-6,9-12H,2-4,7-8H2,1H3,(H,18,19,20). The molecule has 1 saturated heterocycles. The van der Waals surface area contributed by atoms with E-state index in [2.05, 4.69) is 30.2 Å². The van der Waals surface area contributed by atoms with Crippen molar-refractivity contribution in [2.24, 2.45) is 0 Å². The lowest BCUT2D eigenvalue weighted by Crippen LogP contribution is -2.39. The maximum absolute atomic E-state index is 5.40. The van der Waals surface area contributed by atoms with E-state index >= 15 is 0 Å². The first-order chi connectivity index (χ1) is 10.8. The molecule has 0 aromatic carbocycles. The predicted octanol–water partition coefficient (Wildman–Crippen LogP) is 1.75. The summed E-state index contributed by atoms with van der Waals surface area (Å²) in [7, 11) is 0. The van der Waals surface area contributed by atoms with E-state index in [1.165, 1.54) is 6.33 Å². The molecule has 0 spiro atoms. The average molecular weight is 300 g/mol. The SMILES string of the molecule is CCOc1cc(NC2CCN(c3cnccn3)CC2)ncn1. The molecule has 3 rings (SSSR count). The molecule has 22 heavy (non-hydrogen) atoms. The quantitative estimate of drug-likeness (QED) is 0.901. The van der Waals surface area contributed by atoms with Crippen molar-refractivity contribution < 1.29 is 4.74 Å². The second kappa shape index (κ2) is 7.02. The molecule has 0 aliphatic carbocycles. The van der Waals surface area contributed by atoms with Gasteiger partial charge in [0.25, 0.3) is 0 Å².